The fourth-order valence-corrected chi connectivity index (χ4v) is 3.91. The summed E-state index contributed by atoms with van der Waals surface area (Å²) in [6.45, 7) is 4.95. The lowest BCUT2D eigenvalue weighted by molar-refractivity contribution is 0.0599. The van der Waals surface area contributed by atoms with Crippen LogP contribution in [-0.2, 0) is 17.8 Å². The second-order valence-electron chi connectivity index (χ2n) is 7.66. The number of methoxy groups -OCH3 is 1. The maximum Gasteiger partial charge on any atom is 0.340 e. The molecule has 158 valence electrons. The topological polar surface area (TPSA) is 68.5 Å². The molecule has 0 aliphatic heterocycles. The van der Waals surface area contributed by atoms with Crippen LogP contribution in [-0.4, -0.2) is 35.2 Å². The van der Waals surface area contributed by atoms with E-state index in [0.717, 1.165) is 39.0 Å². The van der Waals surface area contributed by atoms with Gasteiger partial charge in [0.05, 0.1) is 29.6 Å². The standard InChI is InChI=1S/C25H25N3O3/c1-16-20(17(2)31-27-16)14-28(3)15-22-24(25(29)30-4)23(18-10-6-5-7-11-18)19-12-8-9-13-21(19)26-22/h5-13H,14-15H2,1-4H3. The van der Waals surface area contributed by atoms with Gasteiger partial charge in [0.25, 0.3) is 0 Å². The Balaban J connectivity index is 1.85. The molecule has 0 spiro atoms. The zero-order chi connectivity index (χ0) is 22.0. The molecule has 0 amide bonds. The molecular formula is C25H25N3O3. The number of carbonyl (C=O) groups is 1. The Kier molecular flexibility index (Phi) is 5.82. The van der Waals surface area contributed by atoms with Crippen LogP contribution in [0.25, 0.3) is 22.0 Å². The number of fused-ring (bicyclic) bond motifs is 1. The summed E-state index contributed by atoms with van der Waals surface area (Å²) in [6.07, 6.45) is 0. The molecule has 6 heteroatoms. The highest BCUT2D eigenvalue weighted by Gasteiger charge is 2.24. The van der Waals surface area contributed by atoms with Gasteiger partial charge in [-0.2, -0.15) is 0 Å². The number of para-hydroxylation sites is 1. The van der Waals surface area contributed by atoms with E-state index in [1.54, 1.807) is 0 Å². The summed E-state index contributed by atoms with van der Waals surface area (Å²) in [7, 11) is 3.40. The molecule has 2 aromatic carbocycles. The van der Waals surface area contributed by atoms with Crippen LogP contribution in [0.3, 0.4) is 0 Å². The molecule has 0 fully saturated rings. The predicted octanol–water partition coefficient (Wildman–Crippen LogP) is 4.93. The van der Waals surface area contributed by atoms with E-state index in [9.17, 15) is 4.79 Å². The van der Waals surface area contributed by atoms with Crippen molar-refractivity contribution in [2.45, 2.75) is 26.9 Å². The van der Waals surface area contributed by atoms with Crippen LogP contribution in [0.5, 0.6) is 0 Å². The summed E-state index contributed by atoms with van der Waals surface area (Å²) in [5.41, 5.74) is 5.74. The zero-order valence-electron chi connectivity index (χ0n) is 18.2. The van der Waals surface area contributed by atoms with E-state index in [0.29, 0.717) is 24.3 Å². The van der Waals surface area contributed by atoms with Crippen LogP contribution in [0.15, 0.2) is 59.1 Å². The first-order valence-electron chi connectivity index (χ1n) is 10.1. The van der Waals surface area contributed by atoms with Gasteiger partial charge in [-0.3, -0.25) is 9.88 Å². The Morgan fingerprint density at radius 2 is 1.74 bits per heavy atom. The number of esters is 1. The van der Waals surface area contributed by atoms with Crippen molar-refractivity contribution in [1.29, 1.82) is 0 Å². The summed E-state index contributed by atoms with van der Waals surface area (Å²) in [4.78, 5) is 19.9. The molecule has 0 aliphatic carbocycles. The van der Waals surface area contributed by atoms with Gasteiger partial charge in [-0.05, 0) is 32.5 Å². The number of carbonyl (C=O) groups excluding carboxylic acids is 1. The Hall–Kier alpha value is -3.51. The van der Waals surface area contributed by atoms with E-state index in [1.807, 2.05) is 75.5 Å². The lowest BCUT2D eigenvalue weighted by Crippen LogP contribution is -2.22. The number of aromatic nitrogens is 2. The Bertz CT molecular complexity index is 1210. The molecule has 0 atom stereocenters. The van der Waals surface area contributed by atoms with Gasteiger partial charge in [-0.1, -0.05) is 53.7 Å². The molecule has 0 bridgehead atoms. The number of ether oxygens (including phenoxy) is 1. The fourth-order valence-electron chi connectivity index (χ4n) is 3.91. The van der Waals surface area contributed by atoms with Gasteiger partial charge in [-0.15, -0.1) is 0 Å². The van der Waals surface area contributed by atoms with Crippen LogP contribution in [0.2, 0.25) is 0 Å². The third-order valence-electron chi connectivity index (χ3n) is 5.45. The van der Waals surface area contributed by atoms with Crippen LogP contribution in [0, 0.1) is 13.8 Å². The zero-order valence-corrected chi connectivity index (χ0v) is 18.2. The minimum absolute atomic E-state index is 0.391. The van der Waals surface area contributed by atoms with Crippen LogP contribution >= 0.6 is 0 Å². The quantitative estimate of drug-likeness (QED) is 0.416. The molecule has 0 unspecified atom stereocenters. The molecule has 0 radical (unpaired) electrons. The van der Waals surface area contributed by atoms with Crippen LogP contribution < -0.4 is 0 Å². The SMILES string of the molecule is COC(=O)c1c(CN(C)Cc2c(C)noc2C)nc2ccccc2c1-c1ccccc1. The summed E-state index contributed by atoms with van der Waals surface area (Å²) >= 11 is 0. The van der Waals surface area contributed by atoms with Crippen LogP contribution in [0.1, 0.15) is 33.1 Å². The lowest BCUT2D eigenvalue weighted by Gasteiger charge is -2.20. The third kappa shape index (κ3) is 4.07. The highest BCUT2D eigenvalue weighted by Crippen LogP contribution is 2.34. The second kappa shape index (κ2) is 8.70. The maximum absolute atomic E-state index is 13.0. The molecule has 31 heavy (non-hydrogen) atoms. The first-order chi connectivity index (χ1) is 15.0. The predicted molar refractivity (Wildman–Crippen MR) is 120 cm³/mol. The van der Waals surface area contributed by atoms with Crippen molar-refractivity contribution in [2.75, 3.05) is 14.2 Å². The molecule has 6 nitrogen and oxygen atoms in total. The number of nitrogens with zero attached hydrogens (tertiary/aromatic N) is 3. The van der Waals surface area contributed by atoms with Gasteiger partial charge in [0.2, 0.25) is 0 Å². The normalized spacial score (nSPS) is 11.3. The van der Waals surface area contributed by atoms with Crippen molar-refractivity contribution in [1.82, 2.24) is 15.0 Å². The van der Waals surface area contributed by atoms with E-state index in [1.165, 1.54) is 7.11 Å². The molecule has 0 aliphatic rings. The number of aryl methyl sites for hydroxylation is 2. The van der Waals surface area contributed by atoms with E-state index < -0.39 is 5.97 Å². The summed E-state index contributed by atoms with van der Waals surface area (Å²) in [5, 5.41) is 4.96. The highest BCUT2D eigenvalue weighted by atomic mass is 16.5. The Morgan fingerprint density at radius 1 is 1.03 bits per heavy atom. The van der Waals surface area contributed by atoms with Gasteiger partial charge in [0.1, 0.15) is 5.76 Å². The van der Waals surface area contributed by atoms with Gasteiger partial charge < -0.3 is 9.26 Å². The van der Waals surface area contributed by atoms with Crippen molar-refractivity contribution >= 4 is 16.9 Å². The van der Waals surface area contributed by atoms with Crippen molar-refractivity contribution in [2.24, 2.45) is 0 Å². The van der Waals surface area contributed by atoms with E-state index in [4.69, 9.17) is 14.2 Å². The van der Waals surface area contributed by atoms with Crippen molar-refractivity contribution in [3.05, 3.63) is 82.9 Å². The lowest BCUT2D eigenvalue weighted by atomic mass is 9.94. The molecular weight excluding hydrogens is 390 g/mol. The highest BCUT2D eigenvalue weighted by molar-refractivity contribution is 6.07. The van der Waals surface area contributed by atoms with E-state index in [2.05, 4.69) is 10.1 Å². The third-order valence-corrected chi connectivity index (χ3v) is 5.45. The minimum Gasteiger partial charge on any atom is -0.465 e. The minimum atomic E-state index is -0.391. The molecule has 0 saturated carbocycles. The fraction of sp³-hybridized carbons (Fsp3) is 0.240. The van der Waals surface area contributed by atoms with E-state index in [-0.39, 0.29) is 0 Å². The molecule has 4 aromatic rings. The average Bonchev–Trinajstić information content (AvgIpc) is 3.10. The van der Waals surface area contributed by atoms with Gasteiger partial charge >= 0.3 is 5.97 Å². The largest absolute Gasteiger partial charge is 0.465 e. The monoisotopic (exact) mass is 415 g/mol. The molecule has 2 aromatic heterocycles. The van der Waals surface area contributed by atoms with Crippen molar-refractivity contribution in [3.63, 3.8) is 0 Å². The summed E-state index contributed by atoms with van der Waals surface area (Å²) < 4.78 is 10.5. The van der Waals surface area contributed by atoms with Crippen molar-refractivity contribution in [3.8, 4) is 11.1 Å². The first kappa shape index (κ1) is 20.8. The summed E-state index contributed by atoms with van der Waals surface area (Å²) in [6, 6.07) is 17.8. The summed E-state index contributed by atoms with van der Waals surface area (Å²) in [5.74, 6) is 0.409. The Labute approximate surface area is 181 Å². The second-order valence-corrected chi connectivity index (χ2v) is 7.66. The molecule has 4 rings (SSSR count). The van der Waals surface area contributed by atoms with Crippen LogP contribution in [0.4, 0.5) is 0 Å². The van der Waals surface area contributed by atoms with Crippen molar-refractivity contribution < 1.29 is 14.1 Å². The van der Waals surface area contributed by atoms with Gasteiger partial charge in [0.15, 0.2) is 0 Å². The Morgan fingerprint density at radius 3 is 2.42 bits per heavy atom. The van der Waals surface area contributed by atoms with E-state index >= 15 is 0 Å². The molecule has 2 heterocycles. The number of rotatable bonds is 6. The average molecular weight is 415 g/mol. The number of hydrogen-bond donors (Lipinski definition) is 0. The number of benzene rings is 2. The number of pyridine rings is 1. The smallest absolute Gasteiger partial charge is 0.340 e. The molecule has 0 saturated heterocycles. The maximum atomic E-state index is 13.0. The van der Waals surface area contributed by atoms with Gasteiger partial charge in [0, 0.05) is 29.6 Å². The molecule has 0 N–H and O–H groups in total. The number of hydrogen-bond acceptors (Lipinski definition) is 6. The van der Waals surface area contributed by atoms with Gasteiger partial charge in [-0.25, -0.2) is 4.79 Å². The first-order valence-corrected chi connectivity index (χ1v) is 10.1.